The van der Waals surface area contributed by atoms with Gasteiger partial charge in [0.1, 0.15) is 0 Å². The van der Waals surface area contributed by atoms with Crippen LogP contribution in [0.25, 0.3) is 0 Å². The predicted octanol–water partition coefficient (Wildman–Crippen LogP) is 2.36. The van der Waals surface area contributed by atoms with Crippen LogP contribution in [0.3, 0.4) is 0 Å². The maximum atomic E-state index is 11.9. The number of nitrogens with one attached hydrogen (secondary N) is 2. The maximum Gasteiger partial charge on any atom is 0.234 e. The van der Waals surface area contributed by atoms with Gasteiger partial charge in [-0.15, -0.1) is 0 Å². The largest absolute Gasteiger partial charge is 0.351 e. The van der Waals surface area contributed by atoms with Gasteiger partial charge in [0.15, 0.2) is 0 Å². The number of nitriles is 1. The van der Waals surface area contributed by atoms with E-state index in [2.05, 4.69) is 16.7 Å². The quantitative estimate of drug-likeness (QED) is 0.816. The summed E-state index contributed by atoms with van der Waals surface area (Å²) < 4.78 is 0. The van der Waals surface area contributed by atoms with E-state index < -0.39 is 0 Å². The van der Waals surface area contributed by atoms with E-state index in [1.54, 1.807) is 0 Å². The SMILES string of the molecule is N#CC1CCCCCC1NCC(=O)NCc1ccccc1. The first kappa shape index (κ1) is 15.5. The molecule has 4 nitrogen and oxygen atoms in total. The van der Waals surface area contributed by atoms with Crippen molar-refractivity contribution >= 4 is 5.91 Å². The molecule has 112 valence electrons. The molecule has 1 aliphatic rings. The zero-order chi connectivity index (χ0) is 14.9. The Bertz CT molecular complexity index is 481. The van der Waals surface area contributed by atoms with Crippen LogP contribution in [0.2, 0.25) is 0 Å². The third-order valence-electron chi connectivity index (χ3n) is 4.04. The van der Waals surface area contributed by atoms with E-state index in [-0.39, 0.29) is 24.4 Å². The fraction of sp³-hybridized carbons (Fsp3) is 0.529. The lowest BCUT2D eigenvalue weighted by molar-refractivity contribution is -0.120. The van der Waals surface area contributed by atoms with Crippen molar-refractivity contribution in [3.05, 3.63) is 35.9 Å². The summed E-state index contributed by atoms with van der Waals surface area (Å²) in [4.78, 5) is 11.9. The number of hydrogen-bond acceptors (Lipinski definition) is 3. The van der Waals surface area contributed by atoms with Crippen LogP contribution >= 0.6 is 0 Å². The second-order valence-corrected chi connectivity index (χ2v) is 5.62. The molecular formula is C17H23N3O. The molecule has 1 fully saturated rings. The Morgan fingerprint density at radius 1 is 1.19 bits per heavy atom. The van der Waals surface area contributed by atoms with Gasteiger partial charge in [-0.1, -0.05) is 49.6 Å². The molecule has 0 radical (unpaired) electrons. The number of nitrogens with zero attached hydrogens (tertiary/aromatic N) is 1. The Kier molecular flexibility index (Phi) is 6.23. The summed E-state index contributed by atoms with van der Waals surface area (Å²) in [5.41, 5.74) is 1.09. The van der Waals surface area contributed by atoms with Gasteiger partial charge in [0.2, 0.25) is 5.91 Å². The molecule has 0 aliphatic heterocycles. The smallest absolute Gasteiger partial charge is 0.234 e. The zero-order valence-electron chi connectivity index (χ0n) is 12.3. The number of carbonyl (C=O) groups excluding carboxylic acids is 1. The summed E-state index contributed by atoms with van der Waals surface area (Å²) in [6, 6.07) is 12.4. The van der Waals surface area contributed by atoms with E-state index in [0.29, 0.717) is 6.54 Å². The highest BCUT2D eigenvalue weighted by molar-refractivity contribution is 5.78. The summed E-state index contributed by atoms with van der Waals surface area (Å²) >= 11 is 0. The van der Waals surface area contributed by atoms with Gasteiger partial charge in [0, 0.05) is 12.6 Å². The number of benzene rings is 1. The molecule has 0 heterocycles. The first-order chi connectivity index (χ1) is 10.3. The van der Waals surface area contributed by atoms with Gasteiger partial charge in [-0.05, 0) is 18.4 Å². The van der Waals surface area contributed by atoms with E-state index in [0.717, 1.165) is 31.2 Å². The van der Waals surface area contributed by atoms with Crippen LogP contribution in [0.15, 0.2) is 30.3 Å². The third kappa shape index (κ3) is 5.20. The van der Waals surface area contributed by atoms with Gasteiger partial charge in [-0.3, -0.25) is 4.79 Å². The van der Waals surface area contributed by atoms with Crippen LogP contribution in [-0.4, -0.2) is 18.5 Å². The summed E-state index contributed by atoms with van der Waals surface area (Å²) in [7, 11) is 0. The minimum absolute atomic E-state index is 0.0141. The second-order valence-electron chi connectivity index (χ2n) is 5.62. The van der Waals surface area contributed by atoms with Crippen LogP contribution in [0.1, 0.15) is 37.7 Å². The fourth-order valence-electron chi connectivity index (χ4n) is 2.79. The highest BCUT2D eigenvalue weighted by Crippen LogP contribution is 2.22. The van der Waals surface area contributed by atoms with Crippen molar-refractivity contribution in [3.63, 3.8) is 0 Å². The van der Waals surface area contributed by atoms with Crippen LogP contribution in [0.4, 0.5) is 0 Å². The van der Waals surface area contributed by atoms with Crippen molar-refractivity contribution in [1.82, 2.24) is 10.6 Å². The molecule has 2 unspecified atom stereocenters. The highest BCUT2D eigenvalue weighted by atomic mass is 16.1. The van der Waals surface area contributed by atoms with Crippen molar-refractivity contribution in [2.45, 2.75) is 44.7 Å². The number of rotatable bonds is 5. The molecule has 21 heavy (non-hydrogen) atoms. The lowest BCUT2D eigenvalue weighted by atomic mass is 9.96. The molecular weight excluding hydrogens is 262 g/mol. The molecule has 1 aromatic rings. The molecule has 2 atom stereocenters. The molecule has 2 N–H and O–H groups in total. The molecule has 1 saturated carbocycles. The highest BCUT2D eigenvalue weighted by Gasteiger charge is 2.23. The Balaban J connectivity index is 1.74. The van der Waals surface area contributed by atoms with E-state index in [1.807, 2.05) is 30.3 Å². The lowest BCUT2D eigenvalue weighted by Crippen LogP contribution is -2.41. The van der Waals surface area contributed by atoms with Gasteiger partial charge >= 0.3 is 0 Å². The molecule has 1 amide bonds. The van der Waals surface area contributed by atoms with Gasteiger partial charge in [0.05, 0.1) is 18.5 Å². The van der Waals surface area contributed by atoms with Crippen molar-refractivity contribution < 1.29 is 4.79 Å². The maximum absolute atomic E-state index is 11.9. The third-order valence-corrected chi connectivity index (χ3v) is 4.04. The summed E-state index contributed by atoms with van der Waals surface area (Å²) in [6.45, 7) is 0.837. The minimum atomic E-state index is -0.0141. The molecule has 1 aliphatic carbocycles. The van der Waals surface area contributed by atoms with Gasteiger partial charge < -0.3 is 10.6 Å². The van der Waals surface area contributed by atoms with Crippen molar-refractivity contribution in [2.24, 2.45) is 5.92 Å². The van der Waals surface area contributed by atoms with Crippen LogP contribution in [0.5, 0.6) is 0 Å². The molecule has 0 saturated heterocycles. The van der Waals surface area contributed by atoms with E-state index in [4.69, 9.17) is 0 Å². The van der Waals surface area contributed by atoms with Gasteiger partial charge in [-0.25, -0.2) is 0 Å². The molecule has 2 rings (SSSR count). The van der Waals surface area contributed by atoms with Crippen LogP contribution < -0.4 is 10.6 Å². The Labute approximate surface area is 126 Å². The summed E-state index contributed by atoms with van der Waals surface area (Å²) in [5, 5.41) is 15.4. The lowest BCUT2D eigenvalue weighted by Gasteiger charge is -2.20. The average molecular weight is 285 g/mol. The normalized spacial score (nSPS) is 22.0. The summed E-state index contributed by atoms with van der Waals surface area (Å²) in [6.07, 6.45) is 5.39. The molecule has 1 aromatic carbocycles. The monoisotopic (exact) mass is 285 g/mol. The van der Waals surface area contributed by atoms with E-state index in [9.17, 15) is 10.1 Å². The predicted molar refractivity (Wildman–Crippen MR) is 82.3 cm³/mol. The Morgan fingerprint density at radius 2 is 1.95 bits per heavy atom. The minimum Gasteiger partial charge on any atom is -0.351 e. The van der Waals surface area contributed by atoms with Crippen LogP contribution in [0, 0.1) is 17.2 Å². The molecule has 0 aromatic heterocycles. The van der Waals surface area contributed by atoms with Gasteiger partial charge in [0.25, 0.3) is 0 Å². The first-order valence-electron chi connectivity index (χ1n) is 7.73. The van der Waals surface area contributed by atoms with Crippen molar-refractivity contribution in [2.75, 3.05) is 6.54 Å². The zero-order valence-corrected chi connectivity index (χ0v) is 12.3. The number of hydrogen-bond donors (Lipinski definition) is 2. The average Bonchev–Trinajstić information content (AvgIpc) is 2.76. The Hall–Kier alpha value is -1.86. The first-order valence-corrected chi connectivity index (χ1v) is 7.73. The number of amides is 1. The standard InChI is InChI=1S/C17H23N3O/c18-11-15-9-5-2-6-10-16(15)19-13-17(21)20-12-14-7-3-1-4-8-14/h1,3-4,7-8,15-16,19H,2,5-6,9-10,12-13H2,(H,20,21). The molecule has 0 spiro atoms. The fourth-order valence-corrected chi connectivity index (χ4v) is 2.79. The topological polar surface area (TPSA) is 64.9 Å². The number of carbonyl (C=O) groups is 1. The van der Waals surface area contributed by atoms with Gasteiger partial charge in [-0.2, -0.15) is 5.26 Å². The van der Waals surface area contributed by atoms with Crippen LogP contribution in [-0.2, 0) is 11.3 Å². The molecule has 0 bridgehead atoms. The molecule has 4 heteroatoms. The van der Waals surface area contributed by atoms with Crippen molar-refractivity contribution in [1.29, 1.82) is 5.26 Å². The van der Waals surface area contributed by atoms with E-state index >= 15 is 0 Å². The Morgan fingerprint density at radius 3 is 2.71 bits per heavy atom. The summed E-state index contributed by atoms with van der Waals surface area (Å²) in [5.74, 6) is 0.0224. The van der Waals surface area contributed by atoms with Crippen molar-refractivity contribution in [3.8, 4) is 6.07 Å². The van der Waals surface area contributed by atoms with E-state index in [1.165, 1.54) is 6.42 Å². The second kappa shape index (κ2) is 8.43.